The molecule has 22 heavy (non-hydrogen) atoms. The lowest BCUT2D eigenvalue weighted by molar-refractivity contribution is -0.137. The number of carbonyl (C=O) groups excluding carboxylic acids is 2. The van der Waals surface area contributed by atoms with E-state index in [1.807, 2.05) is 24.3 Å². The van der Waals surface area contributed by atoms with E-state index in [2.05, 4.69) is 15.9 Å². The Hall–Kier alpha value is -1.47. The molecule has 1 aliphatic heterocycles. The van der Waals surface area contributed by atoms with Crippen LogP contribution in [0.25, 0.3) is 0 Å². The number of esters is 1. The molecule has 0 unspecified atom stereocenters. The summed E-state index contributed by atoms with van der Waals surface area (Å²) in [4.78, 5) is 24.9. The molecule has 1 fully saturated rings. The molecule has 1 saturated heterocycles. The van der Waals surface area contributed by atoms with Gasteiger partial charge in [0.2, 0.25) is 5.91 Å². The van der Waals surface area contributed by atoms with E-state index >= 15 is 0 Å². The quantitative estimate of drug-likeness (QED) is 0.556. The standard InChI is InChI=1S/C15H16BrNO4S/c1-2-20-15(19)9-14-17(13(18)10-22-14)7-8-21-12-5-3-11(16)4-6-12/h3-6,9H,2,7-8,10H2,1H3/b14-9-. The molecule has 0 bridgehead atoms. The molecule has 2 rings (SSSR count). The number of hydrogen-bond donors (Lipinski definition) is 0. The fourth-order valence-corrected chi connectivity index (χ4v) is 3.06. The van der Waals surface area contributed by atoms with E-state index in [1.165, 1.54) is 17.8 Å². The van der Waals surface area contributed by atoms with Crippen molar-refractivity contribution in [3.63, 3.8) is 0 Å². The van der Waals surface area contributed by atoms with Crippen molar-refractivity contribution < 1.29 is 19.1 Å². The maximum absolute atomic E-state index is 11.9. The van der Waals surface area contributed by atoms with E-state index in [-0.39, 0.29) is 5.91 Å². The van der Waals surface area contributed by atoms with Crippen LogP contribution in [0, 0.1) is 0 Å². The number of nitrogens with zero attached hydrogens (tertiary/aromatic N) is 1. The van der Waals surface area contributed by atoms with Crippen LogP contribution in [0.4, 0.5) is 0 Å². The van der Waals surface area contributed by atoms with Crippen molar-refractivity contribution in [3.8, 4) is 5.75 Å². The zero-order chi connectivity index (χ0) is 15.9. The van der Waals surface area contributed by atoms with Crippen LogP contribution in [-0.2, 0) is 14.3 Å². The number of rotatable bonds is 6. The number of carbonyl (C=O) groups is 2. The normalized spacial score (nSPS) is 16.2. The fraction of sp³-hybridized carbons (Fsp3) is 0.333. The summed E-state index contributed by atoms with van der Waals surface area (Å²) in [5.41, 5.74) is 0. The number of benzene rings is 1. The minimum atomic E-state index is -0.432. The molecule has 0 saturated carbocycles. The molecular weight excluding hydrogens is 370 g/mol. The van der Waals surface area contributed by atoms with Crippen LogP contribution in [0.2, 0.25) is 0 Å². The molecule has 7 heteroatoms. The summed E-state index contributed by atoms with van der Waals surface area (Å²) in [7, 11) is 0. The van der Waals surface area contributed by atoms with E-state index in [0.717, 1.165) is 10.2 Å². The Morgan fingerprint density at radius 3 is 2.82 bits per heavy atom. The van der Waals surface area contributed by atoms with Gasteiger partial charge in [-0.05, 0) is 31.2 Å². The zero-order valence-corrected chi connectivity index (χ0v) is 14.5. The largest absolute Gasteiger partial charge is 0.492 e. The van der Waals surface area contributed by atoms with Crippen LogP contribution < -0.4 is 4.74 Å². The summed E-state index contributed by atoms with van der Waals surface area (Å²) in [6.07, 6.45) is 1.36. The monoisotopic (exact) mass is 385 g/mol. The molecule has 1 aromatic carbocycles. The molecule has 0 atom stereocenters. The summed E-state index contributed by atoms with van der Waals surface area (Å²) in [5, 5.41) is 0.614. The second-order valence-electron chi connectivity index (χ2n) is 4.37. The van der Waals surface area contributed by atoms with Gasteiger partial charge in [0.15, 0.2) is 0 Å². The van der Waals surface area contributed by atoms with Crippen molar-refractivity contribution >= 4 is 39.6 Å². The van der Waals surface area contributed by atoms with Crippen molar-refractivity contribution in [1.82, 2.24) is 4.90 Å². The third-order valence-electron chi connectivity index (χ3n) is 2.84. The molecule has 1 aromatic rings. The summed E-state index contributed by atoms with van der Waals surface area (Å²) >= 11 is 4.69. The SMILES string of the molecule is CCOC(=O)/C=C1\SCC(=O)N1CCOc1ccc(Br)cc1. The molecule has 1 aliphatic rings. The van der Waals surface area contributed by atoms with Gasteiger partial charge >= 0.3 is 5.97 Å². The summed E-state index contributed by atoms with van der Waals surface area (Å²) in [6, 6.07) is 7.47. The Balaban J connectivity index is 1.90. The van der Waals surface area contributed by atoms with Crippen molar-refractivity contribution in [2.75, 3.05) is 25.5 Å². The lowest BCUT2D eigenvalue weighted by atomic mass is 10.3. The van der Waals surface area contributed by atoms with Crippen LogP contribution in [0.1, 0.15) is 6.92 Å². The minimum Gasteiger partial charge on any atom is -0.492 e. The van der Waals surface area contributed by atoms with Gasteiger partial charge in [-0.2, -0.15) is 0 Å². The highest BCUT2D eigenvalue weighted by Gasteiger charge is 2.27. The number of amides is 1. The fourth-order valence-electron chi connectivity index (χ4n) is 1.84. The maximum Gasteiger partial charge on any atom is 0.333 e. The minimum absolute atomic E-state index is 0.0278. The van der Waals surface area contributed by atoms with Gasteiger partial charge < -0.3 is 14.4 Å². The zero-order valence-electron chi connectivity index (χ0n) is 12.1. The Kier molecular flexibility index (Phi) is 6.33. The van der Waals surface area contributed by atoms with Crippen molar-refractivity contribution in [2.45, 2.75) is 6.92 Å². The van der Waals surface area contributed by atoms with Gasteiger partial charge in [-0.1, -0.05) is 27.7 Å². The first-order chi connectivity index (χ1) is 10.6. The van der Waals surface area contributed by atoms with Gasteiger partial charge in [-0.25, -0.2) is 4.79 Å². The van der Waals surface area contributed by atoms with E-state index in [0.29, 0.717) is 30.5 Å². The van der Waals surface area contributed by atoms with E-state index in [9.17, 15) is 9.59 Å². The number of thioether (sulfide) groups is 1. The average molecular weight is 386 g/mol. The number of halogens is 1. The molecule has 0 aliphatic carbocycles. The predicted molar refractivity (Wildman–Crippen MR) is 88.5 cm³/mol. The van der Waals surface area contributed by atoms with E-state index in [4.69, 9.17) is 9.47 Å². The molecule has 5 nitrogen and oxygen atoms in total. The van der Waals surface area contributed by atoms with Crippen LogP contribution in [0.5, 0.6) is 5.75 Å². The van der Waals surface area contributed by atoms with E-state index in [1.54, 1.807) is 11.8 Å². The highest BCUT2D eigenvalue weighted by Crippen LogP contribution is 2.28. The Morgan fingerprint density at radius 1 is 1.41 bits per heavy atom. The van der Waals surface area contributed by atoms with Gasteiger partial charge in [0, 0.05) is 4.47 Å². The molecule has 0 aromatic heterocycles. The Labute approximate surface area is 141 Å². The second-order valence-corrected chi connectivity index (χ2v) is 6.28. The van der Waals surface area contributed by atoms with Crippen molar-refractivity contribution in [1.29, 1.82) is 0 Å². The van der Waals surface area contributed by atoms with Gasteiger partial charge in [0.1, 0.15) is 12.4 Å². The molecule has 1 heterocycles. The van der Waals surface area contributed by atoms with E-state index < -0.39 is 5.97 Å². The van der Waals surface area contributed by atoms with Crippen molar-refractivity contribution in [2.24, 2.45) is 0 Å². The number of ether oxygens (including phenoxy) is 2. The summed E-state index contributed by atoms with van der Waals surface area (Å²) < 4.78 is 11.5. The number of hydrogen-bond acceptors (Lipinski definition) is 5. The smallest absolute Gasteiger partial charge is 0.333 e. The first-order valence-corrected chi connectivity index (χ1v) is 8.58. The maximum atomic E-state index is 11.9. The van der Waals surface area contributed by atoms with Gasteiger partial charge in [0.05, 0.1) is 30.0 Å². The Bertz CT molecular complexity index is 573. The van der Waals surface area contributed by atoms with Crippen LogP contribution in [0.15, 0.2) is 39.8 Å². The molecule has 0 spiro atoms. The third-order valence-corrected chi connectivity index (χ3v) is 4.39. The topological polar surface area (TPSA) is 55.8 Å². The Morgan fingerprint density at radius 2 is 2.14 bits per heavy atom. The first kappa shape index (κ1) is 16.9. The van der Waals surface area contributed by atoms with Crippen molar-refractivity contribution in [3.05, 3.63) is 39.8 Å². The molecular formula is C15H16BrNO4S. The van der Waals surface area contributed by atoms with Crippen LogP contribution >= 0.6 is 27.7 Å². The lowest BCUT2D eigenvalue weighted by Crippen LogP contribution is -2.29. The highest BCUT2D eigenvalue weighted by atomic mass is 79.9. The first-order valence-electron chi connectivity index (χ1n) is 6.80. The third kappa shape index (κ3) is 4.78. The van der Waals surface area contributed by atoms with Crippen LogP contribution in [-0.4, -0.2) is 42.3 Å². The van der Waals surface area contributed by atoms with Gasteiger partial charge in [0.25, 0.3) is 0 Å². The van der Waals surface area contributed by atoms with Gasteiger partial charge in [-0.3, -0.25) is 4.79 Å². The van der Waals surface area contributed by atoms with Crippen LogP contribution in [0.3, 0.4) is 0 Å². The summed E-state index contributed by atoms with van der Waals surface area (Å²) in [6.45, 7) is 2.81. The second kappa shape index (κ2) is 8.24. The van der Waals surface area contributed by atoms with Gasteiger partial charge in [-0.15, -0.1) is 0 Å². The molecule has 118 valence electrons. The highest BCUT2D eigenvalue weighted by molar-refractivity contribution is 9.10. The predicted octanol–water partition coefficient (Wildman–Crippen LogP) is 2.81. The molecule has 1 amide bonds. The lowest BCUT2D eigenvalue weighted by Gasteiger charge is -2.17. The molecule has 0 radical (unpaired) electrons. The molecule has 0 N–H and O–H groups in total. The average Bonchev–Trinajstić information content (AvgIpc) is 2.82. The summed E-state index contributed by atoms with van der Waals surface area (Å²) in [5.74, 6) is 0.612.